The highest BCUT2D eigenvalue weighted by Gasteiger charge is 2.15. The molecule has 0 bridgehead atoms. The molecule has 0 aliphatic rings. The number of nitrogens with zero attached hydrogens (tertiary/aromatic N) is 2. The van der Waals surface area contributed by atoms with E-state index in [4.69, 9.17) is 5.73 Å². The van der Waals surface area contributed by atoms with Gasteiger partial charge >= 0.3 is 0 Å². The van der Waals surface area contributed by atoms with Crippen LogP contribution in [0.25, 0.3) is 11.0 Å². The van der Waals surface area contributed by atoms with Gasteiger partial charge in [-0.3, -0.25) is 10.1 Å². The Morgan fingerprint density at radius 1 is 1.20 bits per heavy atom. The number of hydrogen-bond donors (Lipinski definition) is 2. The van der Waals surface area contributed by atoms with Crippen molar-refractivity contribution in [3.8, 4) is 0 Å². The van der Waals surface area contributed by atoms with E-state index in [0.29, 0.717) is 16.9 Å². The zero-order chi connectivity index (χ0) is 14.1. The Hall–Kier alpha value is -2.73. The molecule has 1 unspecified atom stereocenters. The fraction of sp³-hybridized carbons (Fsp3) is 0.0714. The molecule has 2 aromatic carbocycles. The highest BCUT2D eigenvalue weighted by Crippen LogP contribution is 2.23. The molecule has 0 spiro atoms. The van der Waals surface area contributed by atoms with Crippen LogP contribution in [0.4, 0.5) is 5.69 Å². The SMILES string of the molecule is NC(c1ccccc1)c1nc2ccc([N+](=O)[O-])cc2[nH]1. The third kappa shape index (κ3) is 2.12. The molecular weight excluding hydrogens is 256 g/mol. The average Bonchev–Trinajstić information content (AvgIpc) is 2.90. The van der Waals surface area contributed by atoms with Gasteiger partial charge in [0.1, 0.15) is 5.82 Å². The lowest BCUT2D eigenvalue weighted by Gasteiger charge is -2.08. The van der Waals surface area contributed by atoms with Crippen molar-refractivity contribution in [2.24, 2.45) is 5.73 Å². The van der Waals surface area contributed by atoms with Crippen LogP contribution in [0, 0.1) is 10.1 Å². The Morgan fingerprint density at radius 3 is 2.65 bits per heavy atom. The van der Waals surface area contributed by atoms with Crippen molar-refractivity contribution in [1.29, 1.82) is 0 Å². The van der Waals surface area contributed by atoms with Crippen molar-refractivity contribution >= 4 is 16.7 Å². The number of nitro benzene ring substituents is 1. The van der Waals surface area contributed by atoms with Crippen LogP contribution in [-0.2, 0) is 0 Å². The first-order chi connectivity index (χ1) is 9.65. The highest BCUT2D eigenvalue weighted by molar-refractivity contribution is 5.78. The Kier molecular flexibility index (Phi) is 2.92. The second kappa shape index (κ2) is 4.75. The van der Waals surface area contributed by atoms with Gasteiger partial charge < -0.3 is 10.7 Å². The third-order valence-electron chi connectivity index (χ3n) is 3.15. The number of aromatic nitrogens is 2. The number of imidazole rings is 1. The molecule has 0 aliphatic heterocycles. The van der Waals surface area contributed by atoms with E-state index in [2.05, 4.69) is 9.97 Å². The number of non-ortho nitro benzene ring substituents is 1. The van der Waals surface area contributed by atoms with Crippen LogP contribution in [0.1, 0.15) is 17.4 Å². The minimum absolute atomic E-state index is 0.0287. The van der Waals surface area contributed by atoms with Gasteiger partial charge in [-0.1, -0.05) is 30.3 Å². The molecule has 20 heavy (non-hydrogen) atoms. The fourth-order valence-electron chi connectivity index (χ4n) is 2.10. The van der Waals surface area contributed by atoms with E-state index in [0.717, 1.165) is 5.56 Å². The summed E-state index contributed by atoms with van der Waals surface area (Å²) >= 11 is 0. The Labute approximate surface area is 114 Å². The van der Waals surface area contributed by atoms with Crippen molar-refractivity contribution in [3.63, 3.8) is 0 Å². The van der Waals surface area contributed by atoms with Gasteiger partial charge in [0.25, 0.3) is 5.69 Å². The maximum absolute atomic E-state index is 10.8. The Morgan fingerprint density at radius 2 is 1.95 bits per heavy atom. The summed E-state index contributed by atoms with van der Waals surface area (Å²) in [7, 11) is 0. The van der Waals surface area contributed by atoms with Crippen LogP contribution in [0.3, 0.4) is 0 Å². The Balaban J connectivity index is 2.03. The fourth-order valence-corrected chi connectivity index (χ4v) is 2.10. The molecule has 0 fully saturated rings. The van der Waals surface area contributed by atoms with Gasteiger partial charge in [0, 0.05) is 12.1 Å². The molecule has 6 nitrogen and oxygen atoms in total. The molecule has 0 saturated heterocycles. The number of nitrogens with one attached hydrogen (secondary N) is 1. The molecule has 1 heterocycles. The standard InChI is InChI=1S/C14H12N4O2/c15-13(9-4-2-1-3-5-9)14-16-11-7-6-10(18(19)20)8-12(11)17-14/h1-8,13H,15H2,(H,16,17). The lowest BCUT2D eigenvalue weighted by atomic mass is 10.1. The molecule has 0 aliphatic carbocycles. The molecule has 1 aromatic heterocycles. The average molecular weight is 268 g/mol. The number of nitrogens with two attached hydrogens (primary N) is 1. The molecule has 3 rings (SSSR count). The largest absolute Gasteiger partial charge is 0.340 e. The molecule has 1 atom stereocenters. The van der Waals surface area contributed by atoms with Crippen LogP contribution in [0.15, 0.2) is 48.5 Å². The number of fused-ring (bicyclic) bond motifs is 1. The minimum Gasteiger partial charge on any atom is -0.340 e. The lowest BCUT2D eigenvalue weighted by Crippen LogP contribution is -2.13. The van der Waals surface area contributed by atoms with Crippen LogP contribution in [0.2, 0.25) is 0 Å². The van der Waals surface area contributed by atoms with Gasteiger partial charge in [0.05, 0.1) is 22.0 Å². The van der Waals surface area contributed by atoms with Gasteiger partial charge in [0.15, 0.2) is 0 Å². The first-order valence-corrected chi connectivity index (χ1v) is 6.10. The highest BCUT2D eigenvalue weighted by atomic mass is 16.6. The molecule has 6 heteroatoms. The van der Waals surface area contributed by atoms with Crippen LogP contribution < -0.4 is 5.73 Å². The summed E-state index contributed by atoms with van der Waals surface area (Å²) in [6.45, 7) is 0. The summed E-state index contributed by atoms with van der Waals surface area (Å²) in [6, 6.07) is 13.7. The molecule has 0 saturated carbocycles. The predicted molar refractivity (Wildman–Crippen MR) is 75.2 cm³/mol. The molecule has 0 radical (unpaired) electrons. The number of aromatic amines is 1. The second-order valence-corrected chi connectivity index (χ2v) is 4.47. The zero-order valence-electron chi connectivity index (χ0n) is 10.5. The van der Waals surface area contributed by atoms with Gasteiger partial charge in [-0.05, 0) is 11.6 Å². The van der Waals surface area contributed by atoms with Gasteiger partial charge in [0.2, 0.25) is 0 Å². The molecule has 3 N–H and O–H groups in total. The van der Waals surface area contributed by atoms with Gasteiger partial charge in [-0.15, -0.1) is 0 Å². The van der Waals surface area contributed by atoms with Crippen molar-refractivity contribution in [2.75, 3.05) is 0 Å². The zero-order valence-corrected chi connectivity index (χ0v) is 10.5. The normalized spacial score (nSPS) is 12.4. The monoisotopic (exact) mass is 268 g/mol. The topological polar surface area (TPSA) is 97.8 Å². The van der Waals surface area contributed by atoms with E-state index in [1.165, 1.54) is 12.1 Å². The van der Waals surface area contributed by atoms with Crippen LogP contribution in [-0.4, -0.2) is 14.9 Å². The summed E-state index contributed by atoms with van der Waals surface area (Å²) in [4.78, 5) is 17.8. The summed E-state index contributed by atoms with van der Waals surface area (Å²) in [5, 5.41) is 10.8. The minimum atomic E-state index is -0.433. The molecular formula is C14H12N4O2. The van der Waals surface area contributed by atoms with Crippen molar-refractivity contribution in [2.45, 2.75) is 6.04 Å². The van der Waals surface area contributed by atoms with Crippen molar-refractivity contribution in [3.05, 3.63) is 70.0 Å². The molecule has 3 aromatic rings. The van der Waals surface area contributed by atoms with Gasteiger partial charge in [-0.25, -0.2) is 4.98 Å². The van der Waals surface area contributed by atoms with E-state index < -0.39 is 4.92 Å². The van der Waals surface area contributed by atoms with E-state index in [1.54, 1.807) is 6.07 Å². The van der Waals surface area contributed by atoms with E-state index >= 15 is 0 Å². The third-order valence-corrected chi connectivity index (χ3v) is 3.15. The quantitative estimate of drug-likeness (QED) is 0.563. The first-order valence-electron chi connectivity index (χ1n) is 6.10. The summed E-state index contributed by atoms with van der Waals surface area (Å²) in [5.74, 6) is 0.590. The number of rotatable bonds is 3. The van der Waals surface area contributed by atoms with Crippen LogP contribution in [0.5, 0.6) is 0 Å². The Bertz CT molecular complexity index is 767. The van der Waals surface area contributed by atoms with Crippen molar-refractivity contribution < 1.29 is 4.92 Å². The number of hydrogen-bond acceptors (Lipinski definition) is 4. The van der Waals surface area contributed by atoms with E-state index in [-0.39, 0.29) is 11.7 Å². The van der Waals surface area contributed by atoms with Gasteiger partial charge in [-0.2, -0.15) is 0 Å². The summed E-state index contributed by atoms with van der Waals surface area (Å²) < 4.78 is 0. The van der Waals surface area contributed by atoms with E-state index in [9.17, 15) is 10.1 Å². The summed E-state index contributed by atoms with van der Waals surface area (Å²) in [6.07, 6.45) is 0. The maximum Gasteiger partial charge on any atom is 0.271 e. The van der Waals surface area contributed by atoms with Crippen LogP contribution >= 0.6 is 0 Å². The first kappa shape index (κ1) is 12.3. The summed E-state index contributed by atoms with van der Waals surface area (Å²) in [5.41, 5.74) is 8.39. The maximum atomic E-state index is 10.8. The van der Waals surface area contributed by atoms with Crippen molar-refractivity contribution in [1.82, 2.24) is 9.97 Å². The second-order valence-electron chi connectivity index (χ2n) is 4.47. The number of H-pyrrole nitrogens is 1. The number of benzene rings is 2. The smallest absolute Gasteiger partial charge is 0.271 e. The number of nitro groups is 1. The van der Waals surface area contributed by atoms with E-state index in [1.807, 2.05) is 30.3 Å². The molecule has 100 valence electrons. The predicted octanol–water partition coefficient (Wildman–Crippen LogP) is 2.52. The molecule has 0 amide bonds. The lowest BCUT2D eigenvalue weighted by molar-refractivity contribution is -0.384.